The van der Waals surface area contributed by atoms with Gasteiger partial charge in [0.1, 0.15) is 5.69 Å². The van der Waals surface area contributed by atoms with E-state index in [2.05, 4.69) is 27.8 Å². The molecule has 0 atom stereocenters. The summed E-state index contributed by atoms with van der Waals surface area (Å²) in [5.74, 6) is 0.852. The van der Waals surface area contributed by atoms with Gasteiger partial charge in [-0.3, -0.25) is 4.99 Å². The van der Waals surface area contributed by atoms with Crippen molar-refractivity contribution in [3.8, 4) is 11.5 Å². The van der Waals surface area contributed by atoms with Crippen molar-refractivity contribution in [3.05, 3.63) is 90.5 Å². The predicted molar refractivity (Wildman–Crippen MR) is 115 cm³/mol. The Hall–Kier alpha value is -3.79. The van der Waals surface area contributed by atoms with Crippen LogP contribution in [-0.2, 0) is 7.05 Å². The van der Waals surface area contributed by atoms with Crippen molar-refractivity contribution in [2.75, 3.05) is 0 Å². The number of aryl methyl sites for hydroxylation is 1. The van der Waals surface area contributed by atoms with Gasteiger partial charge < -0.3 is 4.57 Å². The third-order valence-corrected chi connectivity index (χ3v) is 4.87. The van der Waals surface area contributed by atoms with Crippen LogP contribution < -0.4 is 0 Å². The van der Waals surface area contributed by atoms with Gasteiger partial charge in [0, 0.05) is 18.6 Å². The normalized spacial score (nSPS) is 11.6. The molecule has 134 valence electrons. The van der Waals surface area contributed by atoms with Crippen LogP contribution in [0.1, 0.15) is 5.56 Å². The molecule has 0 spiro atoms. The molecule has 5 aromatic rings. The van der Waals surface area contributed by atoms with E-state index in [0.29, 0.717) is 0 Å². The van der Waals surface area contributed by atoms with Crippen LogP contribution in [-0.4, -0.2) is 20.7 Å². The topological polar surface area (TPSA) is 43.1 Å². The van der Waals surface area contributed by atoms with E-state index in [-0.39, 0.29) is 0 Å². The van der Waals surface area contributed by atoms with Crippen molar-refractivity contribution < 1.29 is 0 Å². The highest BCUT2D eigenvalue weighted by Gasteiger charge is 2.12. The van der Waals surface area contributed by atoms with Gasteiger partial charge in [0.15, 0.2) is 5.82 Å². The van der Waals surface area contributed by atoms with E-state index in [4.69, 9.17) is 9.97 Å². The lowest BCUT2D eigenvalue weighted by Gasteiger charge is -2.06. The van der Waals surface area contributed by atoms with E-state index in [1.165, 1.54) is 0 Å². The van der Waals surface area contributed by atoms with Gasteiger partial charge in [-0.15, -0.1) is 0 Å². The number of fused-ring (bicyclic) bond motifs is 2. The zero-order valence-electron chi connectivity index (χ0n) is 15.4. The molecule has 4 nitrogen and oxygen atoms in total. The van der Waals surface area contributed by atoms with Crippen molar-refractivity contribution in [3.63, 3.8) is 0 Å². The van der Waals surface area contributed by atoms with Gasteiger partial charge in [0.05, 0.1) is 22.2 Å². The second-order valence-electron chi connectivity index (χ2n) is 6.70. The number of para-hydroxylation sites is 3. The van der Waals surface area contributed by atoms with Crippen LogP contribution in [0.25, 0.3) is 33.5 Å². The minimum absolute atomic E-state index is 0.841. The van der Waals surface area contributed by atoms with E-state index in [0.717, 1.165) is 44.7 Å². The first kappa shape index (κ1) is 16.4. The van der Waals surface area contributed by atoms with Crippen LogP contribution >= 0.6 is 0 Å². The van der Waals surface area contributed by atoms with Gasteiger partial charge in [-0.05, 0) is 29.8 Å². The molecule has 0 bridgehead atoms. The zero-order valence-corrected chi connectivity index (χ0v) is 15.4. The minimum atomic E-state index is 0.841. The number of imidazole rings is 1. The minimum Gasteiger partial charge on any atom is -0.326 e. The first-order chi connectivity index (χ1) is 13.8. The summed E-state index contributed by atoms with van der Waals surface area (Å²) in [5.41, 5.74) is 5.69. The molecule has 28 heavy (non-hydrogen) atoms. The standard InChI is InChI=1S/C24H18N4/c1-28-22-13-6-5-11-19(22)27-24(28)21-15-14-18-10-7-12-20(23(18)26-21)25-16-17-8-3-2-4-9-17/h2-16H,1H3. The highest BCUT2D eigenvalue weighted by molar-refractivity contribution is 5.93. The summed E-state index contributed by atoms with van der Waals surface area (Å²) in [7, 11) is 2.02. The predicted octanol–water partition coefficient (Wildman–Crippen LogP) is 5.54. The van der Waals surface area contributed by atoms with Gasteiger partial charge >= 0.3 is 0 Å². The highest BCUT2D eigenvalue weighted by Crippen LogP contribution is 2.28. The van der Waals surface area contributed by atoms with E-state index in [9.17, 15) is 0 Å². The van der Waals surface area contributed by atoms with Crippen LogP contribution in [0.15, 0.2) is 89.9 Å². The summed E-state index contributed by atoms with van der Waals surface area (Å²) in [5, 5.41) is 1.06. The Morgan fingerprint density at radius 2 is 1.61 bits per heavy atom. The lowest BCUT2D eigenvalue weighted by atomic mass is 10.1. The Kier molecular flexibility index (Phi) is 3.95. The SMILES string of the molecule is Cn1c(-c2ccc3cccc(N=Cc4ccccc4)c3n2)nc2ccccc21. The van der Waals surface area contributed by atoms with Crippen molar-refractivity contribution in [1.82, 2.24) is 14.5 Å². The van der Waals surface area contributed by atoms with Crippen LogP contribution in [0.5, 0.6) is 0 Å². The zero-order chi connectivity index (χ0) is 18.9. The number of nitrogens with zero attached hydrogens (tertiary/aromatic N) is 4. The first-order valence-electron chi connectivity index (χ1n) is 9.20. The van der Waals surface area contributed by atoms with Crippen molar-refractivity contribution in [2.24, 2.45) is 12.0 Å². The average molecular weight is 362 g/mol. The summed E-state index contributed by atoms with van der Waals surface area (Å²) in [6.07, 6.45) is 1.87. The number of pyridine rings is 1. The summed E-state index contributed by atoms with van der Waals surface area (Å²) < 4.78 is 2.08. The fraction of sp³-hybridized carbons (Fsp3) is 0.0417. The van der Waals surface area contributed by atoms with Crippen LogP contribution in [0, 0.1) is 0 Å². The molecule has 3 aromatic carbocycles. The molecule has 0 aliphatic rings. The second kappa shape index (κ2) is 6.74. The Morgan fingerprint density at radius 3 is 2.46 bits per heavy atom. The van der Waals surface area contributed by atoms with Crippen LogP contribution in [0.3, 0.4) is 0 Å². The molecule has 2 aromatic heterocycles. The lowest BCUT2D eigenvalue weighted by Crippen LogP contribution is -1.95. The lowest BCUT2D eigenvalue weighted by molar-refractivity contribution is 0.952. The second-order valence-corrected chi connectivity index (χ2v) is 6.70. The van der Waals surface area contributed by atoms with E-state index < -0.39 is 0 Å². The molecule has 0 saturated heterocycles. The molecule has 0 fully saturated rings. The maximum Gasteiger partial charge on any atom is 0.159 e. The number of rotatable bonds is 3. The largest absolute Gasteiger partial charge is 0.326 e. The number of hydrogen-bond acceptors (Lipinski definition) is 3. The maximum atomic E-state index is 4.92. The smallest absolute Gasteiger partial charge is 0.159 e. The molecular formula is C24H18N4. The molecule has 4 heteroatoms. The number of hydrogen-bond donors (Lipinski definition) is 0. The first-order valence-corrected chi connectivity index (χ1v) is 9.20. The fourth-order valence-corrected chi connectivity index (χ4v) is 3.42. The third kappa shape index (κ3) is 2.85. The van der Waals surface area contributed by atoms with Crippen molar-refractivity contribution >= 4 is 33.8 Å². The van der Waals surface area contributed by atoms with E-state index in [1.54, 1.807) is 0 Å². The van der Waals surface area contributed by atoms with E-state index >= 15 is 0 Å². The molecule has 0 aliphatic heterocycles. The van der Waals surface area contributed by atoms with Crippen LogP contribution in [0.4, 0.5) is 5.69 Å². The Balaban J connectivity index is 1.64. The Bertz CT molecular complexity index is 1320. The highest BCUT2D eigenvalue weighted by atomic mass is 15.1. The third-order valence-electron chi connectivity index (χ3n) is 4.87. The van der Waals surface area contributed by atoms with Gasteiger partial charge in [0.25, 0.3) is 0 Å². The number of aliphatic imine (C=N–C) groups is 1. The van der Waals surface area contributed by atoms with Crippen molar-refractivity contribution in [2.45, 2.75) is 0 Å². The van der Waals surface area contributed by atoms with Crippen LogP contribution in [0.2, 0.25) is 0 Å². The van der Waals surface area contributed by atoms with Gasteiger partial charge in [0.2, 0.25) is 0 Å². The fourth-order valence-electron chi connectivity index (χ4n) is 3.42. The molecule has 0 radical (unpaired) electrons. The molecule has 2 heterocycles. The van der Waals surface area contributed by atoms with Crippen molar-refractivity contribution in [1.29, 1.82) is 0 Å². The average Bonchev–Trinajstić information content (AvgIpc) is 3.09. The maximum absolute atomic E-state index is 4.92. The quantitative estimate of drug-likeness (QED) is 0.396. The van der Waals surface area contributed by atoms with E-state index in [1.807, 2.05) is 80.0 Å². The molecular weight excluding hydrogens is 344 g/mol. The van der Waals surface area contributed by atoms with Gasteiger partial charge in [-0.25, -0.2) is 9.97 Å². The molecule has 0 amide bonds. The molecule has 0 unspecified atom stereocenters. The molecule has 0 saturated carbocycles. The number of aromatic nitrogens is 3. The van der Waals surface area contributed by atoms with Gasteiger partial charge in [-0.2, -0.15) is 0 Å². The summed E-state index contributed by atoms with van der Waals surface area (Å²) >= 11 is 0. The Labute approximate surface area is 162 Å². The van der Waals surface area contributed by atoms with Gasteiger partial charge in [-0.1, -0.05) is 60.7 Å². The molecule has 0 N–H and O–H groups in total. The molecule has 5 rings (SSSR count). The molecule has 0 aliphatic carbocycles. The number of benzene rings is 3. The summed E-state index contributed by atoms with van der Waals surface area (Å²) in [6, 6.07) is 28.4. The summed E-state index contributed by atoms with van der Waals surface area (Å²) in [6.45, 7) is 0. The Morgan fingerprint density at radius 1 is 0.786 bits per heavy atom. The summed E-state index contributed by atoms with van der Waals surface area (Å²) in [4.78, 5) is 14.4. The monoisotopic (exact) mass is 362 g/mol.